The van der Waals surface area contributed by atoms with Gasteiger partial charge in [-0.05, 0) is 33.8 Å². The highest BCUT2D eigenvalue weighted by atomic mass is 32.2. The van der Waals surface area contributed by atoms with E-state index in [4.69, 9.17) is 4.43 Å². The molecular formula is C29H33N3O2SSi. The Morgan fingerprint density at radius 1 is 0.944 bits per heavy atom. The molecular weight excluding hydrogens is 482 g/mol. The lowest BCUT2D eigenvalue weighted by molar-refractivity contribution is -0.105. The van der Waals surface area contributed by atoms with Crippen molar-refractivity contribution in [2.45, 2.75) is 32.0 Å². The van der Waals surface area contributed by atoms with Crippen LogP contribution in [0.3, 0.4) is 0 Å². The highest BCUT2D eigenvalue weighted by Crippen LogP contribution is 2.37. The second-order valence-electron chi connectivity index (χ2n) is 9.68. The summed E-state index contributed by atoms with van der Waals surface area (Å²) in [7, 11) is -2.77. The molecule has 186 valence electrons. The highest BCUT2D eigenvalue weighted by molar-refractivity contribution is 8.13. The van der Waals surface area contributed by atoms with Gasteiger partial charge in [-0.1, -0.05) is 111 Å². The van der Waals surface area contributed by atoms with Gasteiger partial charge < -0.3 is 14.6 Å². The zero-order valence-corrected chi connectivity index (χ0v) is 23.0. The number of para-hydroxylation sites is 1. The molecule has 5 nitrogen and oxygen atoms in total. The molecule has 4 rings (SSSR count). The molecule has 0 aliphatic carbocycles. The van der Waals surface area contributed by atoms with Crippen molar-refractivity contribution >= 4 is 47.6 Å². The molecule has 0 saturated heterocycles. The summed E-state index contributed by atoms with van der Waals surface area (Å²) in [6.07, 6.45) is 4.12. The first-order valence-electron chi connectivity index (χ1n) is 12.0. The fourth-order valence-electron chi connectivity index (χ4n) is 4.74. The second-order valence-corrected chi connectivity index (χ2v) is 14.8. The third-order valence-corrected chi connectivity index (χ3v) is 12.1. The van der Waals surface area contributed by atoms with E-state index in [-0.39, 0.29) is 11.8 Å². The molecule has 0 aromatic heterocycles. The number of hydrogen-bond donors (Lipinski definition) is 1. The average molecular weight is 516 g/mol. The molecule has 3 aromatic rings. The van der Waals surface area contributed by atoms with E-state index in [9.17, 15) is 4.79 Å². The van der Waals surface area contributed by atoms with Gasteiger partial charge >= 0.3 is 0 Å². The molecule has 1 atom stereocenters. The zero-order chi connectivity index (χ0) is 25.6. The Kier molecular flexibility index (Phi) is 8.13. The third-order valence-electron chi connectivity index (χ3n) is 6.43. The Morgan fingerprint density at radius 2 is 1.47 bits per heavy atom. The van der Waals surface area contributed by atoms with Gasteiger partial charge in [0.2, 0.25) is 0 Å². The molecule has 0 fully saturated rings. The van der Waals surface area contributed by atoms with Gasteiger partial charge in [0, 0.05) is 11.9 Å². The first-order valence-corrected chi connectivity index (χ1v) is 15.1. The maximum absolute atomic E-state index is 12.1. The molecule has 0 spiro atoms. The fourth-order valence-corrected chi connectivity index (χ4v) is 9.78. The molecule has 36 heavy (non-hydrogen) atoms. The average Bonchev–Trinajstić information content (AvgIpc) is 2.90. The third kappa shape index (κ3) is 5.19. The van der Waals surface area contributed by atoms with Crippen molar-refractivity contribution in [2.75, 3.05) is 18.3 Å². The number of aliphatic imine (C=N–C) groups is 1. The second kappa shape index (κ2) is 11.3. The molecule has 1 N–H and O–H groups in total. The van der Waals surface area contributed by atoms with Gasteiger partial charge in [-0.15, -0.1) is 0 Å². The first kappa shape index (κ1) is 25.9. The van der Waals surface area contributed by atoms with E-state index in [1.54, 1.807) is 18.0 Å². The van der Waals surface area contributed by atoms with Gasteiger partial charge in [0.05, 0.1) is 5.57 Å². The molecule has 1 heterocycles. The predicted molar refractivity (Wildman–Crippen MR) is 154 cm³/mol. The van der Waals surface area contributed by atoms with E-state index >= 15 is 0 Å². The lowest BCUT2D eigenvalue weighted by Crippen LogP contribution is -2.68. The maximum Gasteiger partial charge on any atom is 0.263 e. The SMILES string of the molecule is CSC1=NC=C(C=O)C(Nc2ccccc2)N1CO[Si](c1ccccc1)(c1ccccc1)C(C)(C)C. The van der Waals surface area contributed by atoms with Crippen LogP contribution >= 0.6 is 11.8 Å². The summed E-state index contributed by atoms with van der Waals surface area (Å²) in [6.45, 7) is 7.06. The van der Waals surface area contributed by atoms with Crippen molar-refractivity contribution in [2.24, 2.45) is 4.99 Å². The molecule has 1 aliphatic rings. The van der Waals surface area contributed by atoms with Crippen LogP contribution in [0, 0.1) is 0 Å². The van der Waals surface area contributed by atoms with Crippen LogP contribution in [0.5, 0.6) is 0 Å². The molecule has 3 aromatic carbocycles. The van der Waals surface area contributed by atoms with Crippen LogP contribution < -0.4 is 15.7 Å². The number of hydrogen-bond acceptors (Lipinski definition) is 6. The quantitative estimate of drug-likeness (QED) is 0.335. The minimum atomic E-state index is -2.77. The monoisotopic (exact) mass is 515 g/mol. The Bertz CT molecular complexity index is 1170. The minimum absolute atomic E-state index is 0.159. The summed E-state index contributed by atoms with van der Waals surface area (Å²) < 4.78 is 7.19. The van der Waals surface area contributed by atoms with Crippen LogP contribution in [0.2, 0.25) is 5.04 Å². The molecule has 0 radical (unpaired) electrons. The van der Waals surface area contributed by atoms with Crippen LogP contribution in [0.15, 0.2) is 108 Å². The largest absolute Gasteiger partial charge is 0.390 e. The van der Waals surface area contributed by atoms with Crippen molar-refractivity contribution in [3.05, 3.63) is 103 Å². The van der Waals surface area contributed by atoms with Gasteiger partial charge in [0.15, 0.2) is 11.5 Å². The number of carbonyl (C=O) groups is 1. The van der Waals surface area contributed by atoms with Crippen LogP contribution in [0.4, 0.5) is 5.69 Å². The number of anilines is 1. The number of rotatable bonds is 8. The van der Waals surface area contributed by atoms with Crippen molar-refractivity contribution in [1.82, 2.24) is 4.90 Å². The lowest BCUT2D eigenvalue weighted by Gasteiger charge is -2.45. The smallest absolute Gasteiger partial charge is 0.263 e. The van der Waals surface area contributed by atoms with E-state index in [2.05, 4.69) is 84.5 Å². The first-order chi connectivity index (χ1) is 17.4. The summed E-state index contributed by atoms with van der Waals surface area (Å²) in [5.74, 6) is 0. The van der Waals surface area contributed by atoms with Gasteiger partial charge in [0.25, 0.3) is 8.32 Å². The maximum atomic E-state index is 12.1. The van der Waals surface area contributed by atoms with Crippen molar-refractivity contribution in [3.8, 4) is 0 Å². The van der Waals surface area contributed by atoms with E-state index < -0.39 is 14.5 Å². The van der Waals surface area contributed by atoms with Crippen LogP contribution in [0.25, 0.3) is 0 Å². The topological polar surface area (TPSA) is 53.9 Å². The Morgan fingerprint density at radius 3 is 1.94 bits per heavy atom. The van der Waals surface area contributed by atoms with Gasteiger partial charge in [-0.2, -0.15) is 0 Å². The van der Waals surface area contributed by atoms with Crippen molar-refractivity contribution < 1.29 is 9.22 Å². The molecule has 0 saturated carbocycles. The molecule has 0 amide bonds. The minimum Gasteiger partial charge on any atom is -0.390 e. The van der Waals surface area contributed by atoms with E-state index in [0.717, 1.165) is 17.1 Å². The normalized spacial score (nSPS) is 16.2. The molecule has 0 bridgehead atoms. The van der Waals surface area contributed by atoms with Crippen LogP contribution in [-0.2, 0) is 9.22 Å². The molecule has 7 heteroatoms. The summed E-state index contributed by atoms with van der Waals surface area (Å²) in [5.41, 5.74) is 1.48. The summed E-state index contributed by atoms with van der Waals surface area (Å²) >= 11 is 1.54. The standard InChI is InChI=1S/C29H33N3O2SSi/c1-29(2,3)36(25-16-10-6-11-17-25,26-18-12-7-13-19-26)34-22-32-27(31-24-14-8-5-9-15-24)23(21-33)20-30-28(32)35-4/h5-21,27,31H,22H2,1-4H3. The molecule has 1 unspecified atom stereocenters. The Labute approximate surface area is 219 Å². The van der Waals surface area contributed by atoms with E-state index in [1.165, 1.54) is 10.4 Å². The number of aldehydes is 1. The number of thioether (sulfide) groups is 1. The number of amidine groups is 1. The van der Waals surface area contributed by atoms with Gasteiger partial charge in [-0.3, -0.25) is 4.79 Å². The van der Waals surface area contributed by atoms with Crippen LogP contribution in [0.1, 0.15) is 20.8 Å². The lowest BCUT2D eigenvalue weighted by atomic mass is 10.2. The van der Waals surface area contributed by atoms with Gasteiger partial charge in [0.1, 0.15) is 12.9 Å². The Balaban J connectivity index is 1.77. The Hall–Kier alpha value is -3.13. The number of benzene rings is 3. The number of nitrogens with zero attached hydrogens (tertiary/aromatic N) is 2. The van der Waals surface area contributed by atoms with Gasteiger partial charge in [-0.25, -0.2) is 4.99 Å². The number of nitrogens with one attached hydrogen (secondary N) is 1. The van der Waals surface area contributed by atoms with Crippen LogP contribution in [-0.4, -0.2) is 43.8 Å². The van der Waals surface area contributed by atoms with Crippen molar-refractivity contribution in [3.63, 3.8) is 0 Å². The predicted octanol–water partition coefficient (Wildman–Crippen LogP) is 5.08. The summed E-state index contributed by atoms with van der Waals surface area (Å²) in [4.78, 5) is 18.7. The highest BCUT2D eigenvalue weighted by Gasteiger charge is 2.50. The van der Waals surface area contributed by atoms with E-state index in [0.29, 0.717) is 5.57 Å². The van der Waals surface area contributed by atoms with Crippen molar-refractivity contribution in [1.29, 1.82) is 0 Å². The summed E-state index contributed by atoms with van der Waals surface area (Å²) in [6, 6.07) is 31.0. The summed E-state index contributed by atoms with van der Waals surface area (Å²) in [5, 5.41) is 6.58. The fraction of sp³-hybridized carbons (Fsp3) is 0.241. The van der Waals surface area contributed by atoms with E-state index in [1.807, 2.05) is 48.7 Å². The number of carbonyl (C=O) groups excluding carboxylic acids is 1. The molecule has 1 aliphatic heterocycles. The zero-order valence-electron chi connectivity index (χ0n) is 21.2.